The molecule has 0 saturated heterocycles. The van der Waals surface area contributed by atoms with Gasteiger partial charge < -0.3 is 4.55 Å². The van der Waals surface area contributed by atoms with E-state index in [-0.39, 0.29) is 29.9 Å². The fraction of sp³-hybridized carbons (Fsp3) is 1.00. The minimum absolute atomic E-state index is 0.00330. The molecule has 0 aromatic rings. The highest BCUT2D eigenvalue weighted by Crippen LogP contribution is 2.40. The molecule has 14 heavy (non-hydrogen) atoms. The first-order valence-electron chi connectivity index (χ1n) is 4.37. The van der Waals surface area contributed by atoms with Gasteiger partial charge >= 0.3 is 0 Å². The Morgan fingerprint density at radius 3 is 2.64 bits per heavy atom. The average molecular weight is 241 g/mol. The molecule has 0 aliphatic heterocycles. The zero-order valence-corrected chi connectivity index (χ0v) is 9.47. The van der Waals surface area contributed by atoms with Crippen LogP contribution in [0.15, 0.2) is 0 Å². The van der Waals surface area contributed by atoms with Crippen LogP contribution in [0.3, 0.4) is 0 Å². The third-order valence-electron chi connectivity index (χ3n) is 2.13. The Morgan fingerprint density at radius 2 is 2.14 bits per heavy atom. The minimum Gasteiger partial charge on any atom is -0.772 e. The van der Waals surface area contributed by atoms with Gasteiger partial charge in [-0.3, -0.25) is 8.39 Å². The van der Waals surface area contributed by atoms with Gasteiger partial charge in [0.2, 0.25) is 0 Å². The smallest absolute Gasteiger partial charge is 0.267 e. The molecule has 3 unspecified atom stereocenters. The lowest BCUT2D eigenvalue weighted by atomic mass is 10.4. The number of hydrogen-bond donors (Lipinski definition) is 0. The van der Waals surface area contributed by atoms with Gasteiger partial charge in [-0.05, 0) is 25.2 Å². The molecule has 1 fully saturated rings. The van der Waals surface area contributed by atoms with Gasteiger partial charge in [-0.1, -0.05) is 11.1 Å². The van der Waals surface area contributed by atoms with Crippen molar-refractivity contribution in [3.05, 3.63) is 0 Å². The molecule has 0 bridgehead atoms. The van der Waals surface area contributed by atoms with Crippen LogP contribution < -0.4 is 0 Å². The van der Waals surface area contributed by atoms with E-state index in [1.165, 1.54) is 0 Å². The van der Waals surface area contributed by atoms with Crippen molar-refractivity contribution in [3.63, 3.8) is 0 Å². The summed E-state index contributed by atoms with van der Waals surface area (Å²) in [7, 11) is -3.44. The summed E-state index contributed by atoms with van der Waals surface area (Å²) in [5.74, 6) is -0.0253. The molecule has 0 radical (unpaired) electrons. The Kier molecular flexibility index (Phi) is 4.05. The Hall–Kier alpha value is 0.0200. The molecule has 5 nitrogen and oxygen atoms in total. The summed E-state index contributed by atoms with van der Waals surface area (Å²) >= 11 is -2.07. The summed E-state index contributed by atoms with van der Waals surface area (Å²) < 4.78 is 47.4. The summed E-state index contributed by atoms with van der Waals surface area (Å²) in [6, 6.07) is 0. The fourth-order valence-electron chi connectivity index (χ4n) is 1.38. The lowest BCUT2D eigenvalue weighted by molar-refractivity contribution is 0.336. The van der Waals surface area contributed by atoms with Crippen LogP contribution in [0.4, 0.5) is 0 Å². The Bertz CT molecular complexity index is 310. The molecule has 1 aliphatic carbocycles. The lowest BCUT2D eigenvalue weighted by Crippen LogP contribution is -2.13. The second kappa shape index (κ2) is 4.69. The van der Waals surface area contributed by atoms with Gasteiger partial charge in [-0.2, -0.15) is 8.42 Å². The second-order valence-electron chi connectivity index (χ2n) is 3.36. The fourth-order valence-corrected chi connectivity index (χ4v) is 3.53. The first kappa shape index (κ1) is 12.1. The molecule has 0 N–H and O–H groups in total. The van der Waals surface area contributed by atoms with Crippen LogP contribution in [0.1, 0.15) is 13.3 Å². The van der Waals surface area contributed by atoms with Gasteiger partial charge in [0.15, 0.2) is 0 Å². The topological polar surface area (TPSA) is 83.5 Å². The molecule has 1 rings (SSSR count). The predicted molar refractivity (Wildman–Crippen MR) is 50.8 cm³/mol. The van der Waals surface area contributed by atoms with Crippen molar-refractivity contribution in [2.24, 2.45) is 11.8 Å². The molecule has 1 aliphatic rings. The molecule has 3 atom stereocenters. The summed E-state index contributed by atoms with van der Waals surface area (Å²) in [5.41, 5.74) is 0. The lowest BCUT2D eigenvalue weighted by Gasteiger charge is -2.04. The first-order valence-corrected chi connectivity index (χ1v) is 7.19. The van der Waals surface area contributed by atoms with Crippen molar-refractivity contribution in [1.82, 2.24) is 0 Å². The number of hydrogen-bond acceptors (Lipinski definition) is 5. The first-order chi connectivity index (χ1) is 6.44. The Balaban J connectivity index is 2.32. The van der Waals surface area contributed by atoms with E-state index in [1.807, 2.05) is 0 Å². The second-order valence-corrected chi connectivity index (χ2v) is 5.98. The summed E-state index contributed by atoms with van der Waals surface area (Å²) in [5, 5.41) is 0. The van der Waals surface area contributed by atoms with Gasteiger partial charge in [-0.15, -0.1) is 0 Å². The molecule has 0 heterocycles. The molecule has 7 heteroatoms. The highest BCUT2D eigenvalue weighted by molar-refractivity contribution is 7.86. The van der Waals surface area contributed by atoms with Crippen molar-refractivity contribution >= 4 is 21.2 Å². The van der Waals surface area contributed by atoms with Crippen molar-refractivity contribution in [2.75, 3.05) is 18.1 Å². The maximum absolute atomic E-state index is 11.1. The molecule has 1 saturated carbocycles. The van der Waals surface area contributed by atoms with Crippen molar-refractivity contribution in [3.8, 4) is 0 Å². The van der Waals surface area contributed by atoms with Crippen molar-refractivity contribution in [2.45, 2.75) is 13.3 Å². The maximum Gasteiger partial charge on any atom is 0.267 e. The van der Waals surface area contributed by atoms with E-state index in [0.29, 0.717) is 6.42 Å². The molecule has 0 amide bonds. The van der Waals surface area contributed by atoms with E-state index in [0.717, 1.165) is 0 Å². The molecule has 0 aromatic carbocycles. The molecule has 84 valence electrons. The van der Waals surface area contributed by atoms with Crippen LogP contribution in [-0.4, -0.2) is 35.3 Å². The van der Waals surface area contributed by atoms with Crippen LogP contribution in [0.5, 0.6) is 0 Å². The summed E-state index contributed by atoms with van der Waals surface area (Å²) in [6.07, 6.45) is 0.667. The zero-order valence-electron chi connectivity index (χ0n) is 7.84. The minimum atomic E-state index is -3.44. The monoisotopic (exact) mass is 241 g/mol. The van der Waals surface area contributed by atoms with Gasteiger partial charge in [0, 0.05) is 5.75 Å². The molecule has 0 spiro atoms. The van der Waals surface area contributed by atoms with Gasteiger partial charge in [-0.25, -0.2) is 0 Å². The molecular weight excluding hydrogens is 228 g/mol. The summed E-state index contributed by atoms with van der Waals surface area (Å²) in [6.45, 7) is 1.74. The van der Waals surface area contributed by atoms with Crippen molar-refractivity contribution < 1.29 is 21.4 Å². The number of rotatable bonds is 6. The van der Waals surface area contributed by atoms with Gasteiger partial charge in [0.05, 0.1) is 12.4 Å². The van der Waals surface area contributed by atoms with Crippen molar-refractivity contribution in [1.29, 1.82) is 0 Å². The SMILES string of the molecule is CCOS(=O)(=O)CC1CC1CS(=O)[O-]. The summed E-state index contributed by atoms with van der Waals surface area (Å²) in [4.78, 5) is 0. The normalized spacial score (nSPS) is 28.7. The largest absolute Gasteiger partial charge is 0.772 e. The quantitative estimate of drug-likeness (QED) is 0.477. The highest BCUT2D eigenvalue weighted by Gasteiger charge is 2.40. The highest BCUT2D eigenvalue weighted by atomic mass is 32.2. The molecule has 0 aromatic heterocycles. The maximum atomic E-state index is 11.1. The van der Waals surface area contributed by atoms with Crippen LogP contribution in [0.25, 0.3) is 0 Å². The van der Waals surface area contributed by atoms with Gasteiger partial charge in [0.25, 0.3) is 10.1 Å². The Labute approximate surface area is 86.2 Å². The average Bonchev–Trinajstić information content (AvgIpc) is 2.64. The van der Waals surface area contributed by atoms with E-state index in [1.54, 1.807) is 6.92 Å². The van der Waals surface area contributed by atoms with E-state index in [4.69, 9.17) is 0 Å². The van der Waals surface area contributed by atoms with Crippen LogP contribution in [0.2, 0.25) is 0 Å². The standard InChI is InChI=1S/C7H14O5S2/c1-2-12-14(10,11)5-7-3-6(7)4-13(8)9/h6-7H,2-5H2,1H3,(H,8,9)/p-1. The van der Waals surface area contributed by atoms with Crippen LogP contribution >= 0.6 is 0 Å². The van der Waals surface area contributed by atoms with Crippen LogP contribution in [-0.2, 0) is 25.4 Å². The third kappa shape index (κ3) is 4.04. The zero-order chi connectivity index (χ0) is 10.8. The Morgan fingerprint density at radius 1 is 1.50 bits per heavy atom. The third-order valence-corrected chi connectivity index (χ3v) is 4.27. The van der Waals surface area contributed by atoms with E-state index in [9.17, 15) is 17.2 Å². The predicted octanol–water partition coefficient (Wildman–Crippen LogP) is -0.132. The van der Waals surface area contributed by atoms with E-state index >= 15 is 0 Å². The van der Waals surface area contributed by atoms with Crippen LogP contribution in [0, 0.1) is 11.8 Å². The molecular formula is C7H13O5S2-. The van der Waals surface area contributed by atoms with E-state index in [2.05, 4.69) is 4.18 Å². The van der Waals surface area contributed by atoms with Gasteiger partial charge in [0.1, 0.15) is 0 Å². The van der Waals surface area contributed by atoms with E-state index < -0.39 is 21.2 Å².